The van der Waals surface area contributed by atoms with Crippen molar-refractivity contribution < 1.29 is 13.0 Å². The van der Waals surface area contributed by atoms with Crippen molar-refractivity contribution in [3.8, 4) is 0 Å². The Morgan fingerprint density at radius 1 is 1.20 bits per heavy atom. The molecule has 0 saturated carbocycles. The number of aromatic amines is 2. The van der Waals surface area contributed by atoms with Crippen LogP contribution in [0.25, 0.3) is 10.9 Å². The second-order valence-electron chi connectivity index (χ2n) is 4.95. The molecule has 0 saturated heterocycles. The maximum absolute atomic E-state index is 11.9. The molecule has 0 atom stereocenters. The van der Waals surface area contributed by atoms with Gasteiger partial charge < -0.3 is 4.98 Å². The second kappa shape index (κ2) is 4.88. The summed E-state index contributed by atoms with van der Waals surface area (Å²) in [6, 6.07) is 2.48. The van der Waals surface area contributed by atoms with Crippen LogP contribution in [-0.4, -0.2) is 22.9 Å². The van der Waals surface area contributed by atoms with E-state index in [1.54, 1.807) is 0 Å². The molecule has 0 unspecified atom stereocenters. The molecule has 0 aliphatic rings. The lowest BCUT2D eigenvalue weighted by Gasteiger charge is -2.12. The van der Waals surface area contributed by atoms with Gasteiger partial charge in [0, 0.05) is 0 Å². The Labute approximate surface area is 114 Å². The average Bonchev–Trinajstić information content (AvgIpc) is 2.25. The summed E-state index contributed by atoms with van der Waals surface area (Å²) < 4.78 is 32.1. The molecule has 2 rings (SSSR count). The zero-order chi connectivity index (χ0) is 15.1. The lowest BCUT2D eigenvalue weighted by Crippen LogP contribution is -2.24. The van der Waals surface area contributed by atoms with Crippen LogP contribution >= 0.6 is 0 Å². The molecule has 1 aromatic heterocycles. The minimum absolute atomic E-state index is 0.0624. The first-order valence-corrected chi connectivity index (χ1v) is 7.40. The minimum atomic E-state index is -4.44. The van der Waals surface area contributed by atoms with Crippen molar-refractivity contribution >= 4 is 21.0 Å². The molecular formula is C12H14N2O5S. The molecule has 0 amide bonds. The van der Waals surface area contributed by atoms with E-state index in [-0.39, 0.29) is 33.7 Å². The highest BCUT2D eigenvalue weighted by Gasteiger charge is 2.20. The molecule has 0 bridgehead atoms. The van der Waals surface area contributed by atoms with Crippen molar-refractivity contribution in [2.75, 3.05) is 0 Å². The first-order valence-electron chi connectivity index (χ1n) is 5.96. The van der Waals surface area contributed by atoms with E-state index in [0.29, 0.717) is 0 Å². The van der Waals surface area contributed by atoms with Gasteiger partial charge in [0.25, 0.3) is 15.7 Å². The summed E-state index contributed by atoms with van der Waals surface area (Å²) in [5.74, 6) is 0.0624. The van der Waals surface area contributed by atoms with Crippen molar-refractivity contribution in [3.05, 3.63) is 38.5 Å². The normalized spacial score (nSPS) is 12.2. The molecule has 1 aromatic carbocycles. The lowest BCUT2D eigenvalue weighted by molar-refractivity contribution is 0.481. The second-order valence-corrected chi connectivity index (χ2v) is 6.34. The number of benzene rings is 1. The van der Waals surface area contributed by atoms with E-state index in [9.17, 15) is 22.6 Å². The lowest BCUT2D eigenvalue weighted by atomic mass is 9.99. The smallest absolute Gasteiger partial charge is 0.307 e. The highest BCUT2D eigenvalue weighted by atomic mass is 32.2. The molecule has 0 radical (unpaired) electrons. The van der Waals surface area contributed by atoms with E-state index in [0.717, 1.165) is 0 Å². The van der Waals surface area contributed by atoms with Gasteiger partial charge in [-0.3, -0.25) is 14.3 Å². The zero-order valence-corrected chi connectivity index (χ0v) is 11.7. The van der Waals surface area contributed by atoms with Gasteiger partial charge >= 0.3 is 5.69 Å². The van der Waals surface area contributed by atoms with Gasteiger partial charge in [-0.25, -0.2) is 4.79 Å². The third-order valence-corrected chi connectivity index (χ3v) is 3.80. The van der Waals surface area contributed by atoms with E-state index in [1.807, 2.05) is 13.8 Å². The maximum Gasteiger partial charge on any atom is 0.326 e. The van der Waals surface area contributed by atoms with Gasteiger partial charge in [0.1, 0.15) is 0 Å². The predicted octanol–water partition coefficient (Wildman–Crippen LogP) is 0.662. The standard InChI is InChI=1S/C12H14N2O5S/c1-6(2)5-7-9(20(17,18)19)4-3-8-10(7)11(15)14-12(16)13-8/h3-4,6H,5H2,1-2H3,(H,17,18,19)(H2,13,14,15,16). The van der Waals surface area contributed by atoms with Gasteiger partial charge in [-0.2, -0.15) is 8.42 Å². The average molecular weight is 298 g/mol. The summed E-state index contributed by atoms with van der Waals surface area (Å²) in [4.78, 5) is 27.4. The number of rotatable bonds is 3. The highest BCUT2D eigenvalue weighted by Crippen LogP contribution is 2.24. The zero-order valence-electron chi connectivity index (χ0n) is 10.9. The third-order valence-electron chi connectivity index (χ3n) is 2.86. The number of hydrogen-bond acceptors (Lipinski definition) is 4. The Morgan fingerprint density at radius 3 is 2.40 bits per heavy atom. The molecule has 7 nitrogen and oxygen atoms in total. The molecule has 0 aliphatic carbocycles. The van der Waals surface area contributed by atoms with Crippen LogP contribution in [0, 0.1) is 5.92 Å². The maximum atomic E-state index is 11.9. The fraction of sp³-hybridized carbons (Fsp3) is 0.333. The van der Waals surface area contributed by atoms with Gasteiger partial charge in [-0.15, -0.1) is 0 Å². The van der Waals surface area contributed by atoms with Gasteiger partial charge in [0.05, 0.1) is 15.8 Å². The van der Waals surface area contributed by atoms with E-state index in [4.69, 9.17) is 0 Å². The van der Waals surface area contributed by atoms with Crippen molar-refractivity contribution in [1.82, 2.24) is 9.97 Å². The van der Waals surface area contributed by atoms with Crippen LogP contribution in [0.4, 0.5) is 0 Å². The van der Waals surface area contributed by atoms with Gasteiger partial charge in [0.2, 0.25) is 0 Å². The molecule has 0 fully saturated rings. The highest BCUT2D eigenvalue weighted by molar-refractivity contribution is 7.85. The molecule has 108 valence electrons. The Balaban J connectivity index is 2.98. The first kappa shape index (κ1) is 14.5. The van der Waals surface area contributed by atoms with Gasteiger partial charge in [-0.05, 0) is 30.0 Å². The van der Waals surface area contributed by atoms with E-state index in [1.165, 1.54) is 12.1 Å². The molecule has 8 heteroatoms. The van der Waals surface area contributed by atoms with Crippen LogP contribution < -0.4 is 11.2 Å². The monoisotopic (exact) mass is 298 g/mol. The molecule has 20 heavy (non-hydrogen) atoms. The van der Waals surface area contributed by atoms with Crippen molar-refractivity contribution in [1.29, 1.82) is 0 Å². The molecule has 2 aromatic rings. The van der Waals surface area contributed by atoms with Gasteiger partial charge in [0.15, 0.2) is 0 Å². The predicted molar refractivity (Wildman–Crippen MR) is 73.5 cm³/mol. The van der Waals surface area contributed by atoms with Crippen LogP contribution in [0.5, 0.6) is 0 Å². The summed E-state index contributed by atoms with van der Waals surface area (Å²) in [5.41, 5.74) is -0.901. The quantitative estimate of drug-likeness (QED) is 0.719. The summed E-state index contributed by atoms with van der Waals surface area (Å²) in [5, 5.41) is 0.0772. The van der Waals surface area contributed by atoms with Crippen LogP contribution in [-0.2, 0) is 16.5 Å². The van der Waals surface area contributed by atoms with E-state index in [2.05, 4.69) is 9.97 Å². The van der Waals surface area contributed by atoms with E-state index < -0.39 is 21.4 Å². The minimum Gasteiger partial charge on any atom is -0.307 e. The number of fused-ring (bicyclic) bond motifs is 1. The number of H-pyrrole nitrogens is 2. The first-order chi connectivity index (χ1) is 9.20. The molecule has 3 N–H and O–H groups in total. The summed E-state index contributed by atoms with van der Waals surface area (Å²) in [7, 11) is -4.44. The molecule has 0 aliphatic heterocycles. The Kier molecular flexibility index (Phi) is 3.53. The Morgan fingerprint density at radius 2 is 1.85 bits per heavy atom. The Bertz CT molecular complexity index is 877. The number of hydrogen-bond donors (Lipinski definition) is 3. The summed E-state index contributed by atoms with van der Waals surface area (Å²) in [6.45, 7) is 3.71. The topological polar surface area (TPSA) is 120 Å². The summed E-state index contributed by atoms with van der Waals surface area (Å²) in [6.07, 6.45) is 0.279. The van der Waals surface area contributed by atoms with Crippen molar-refractivity contribution in [2.24, 2.45) is 5.92 Å². The number of nitrogens with one attached hydrogen (secondary N) is 2. The van der Waals surface area contributed by atoms with Crippen molar-refractivity contribution in [3.63, 3.8) is 0 Å². The van der Waals surface area contributed by atoms with Gasteiger partial charge in [-0.1, -0.05) is 13.8 Å². The van der Waals surface area contributed by atoms with Crippen LogP contribution in [0.15, 0.2) is 26.6 Å². The Hall–Kier alpha value is -1.93. The van der Waals surface area contributed by atoms with Crippen molar-refractivity contribution in [2.45, 2.75) is 25.2 Å². The fourth-order valence-corrected chi connectivity index (χ4v) is 2.90. The van der Waals surface area contributed by atoms with Crippen LogP contribution in [0.3, 0.4) is 0 Å². The summed E-state index contributed by atoms with van der Waals surface area (Å²) >= 11 is 0. The molecule has 1 heterocycles. The van der Waals surface area contributed by atoms with Crippen LogP contribution in [0.1, 0.15) is 19.4 Å². The SMILES string of the molecule is CC(C)Cc1c(S(=O)(=O)O)ccc2[nH]c(=O)[nH]c(=O)c12. The number of aromatic nitrogens is 2. The third kappa shape index (κ3) is 2.66. The fourth-order valence-electron chi connectivity index (χ4n) is 2.16. The largest absolute Gasteiger partial charge is 0.326 e. The molecular weight excluding hydrogens is 284 g/mol. The van der Waals surface area contributed by atoms with E-state index >= 15 is 0 Å². The molecule has 0 spiro atoms. The van der Waals surface area contributed by atoms with Crippen LogP contribution in [0.2, 0.25) is 0 Å².